The second-order valence-electron chi connectivity index (χ2n) is 7.60. The lowest BCUT2D eigenvalue weighted by atomic mass is 10.1. The molecule has 2 aromatic rings. The Kier molecular flexibility index (Phi) is 6.96. The Morgan fingerprint density at radius 3 is 2.65 bits per heavy atom. The van der Waals surface area contributed by atoms with Crippen molar-refractivity contribution >= 4 is 52.2 Å². The van der Waals surface area contributed by atoms with Crippen LogP contribution >= 0.6 is 22.6 Å². The van der Waals surface area contributed by atoms with Gasteiger partial charge in [0.05, 0.1) is 22.0 Å². The molecule has 0 unspecified atom stereocenters. The number of nitrogens with zero attached hydrogens (tertiary/aromatic N) is 1. The Bertz CT molecular complexity index is 1190. The number of rotatable bonds is 7. The van der Waals surface area contributed by atoms with Gasteiger partial charge in [0.15, 0.2) is 23.0 Å². The number of hydrogen-bond donors (Lipinski definition) is 1. The first-order valence-electron chi connectivity index (χ1n) is 10.8. The number of hydrogen-bond acceptors (Lipinski definition) is 7. The standard InChI is InChI=1S/C24H23IN2O7/c1-4-13(3)34-21-17(25)9-14(10-20(21)31-5-2)8-16-22(28)26-24(30)27(23(16)29)15-6-7-18-19(11-15)33-12-32-18/h6-11,13H,4-5,12H2,1-3H3,(H,26,28,30)/b16-8+/t13-/m0/s1. The van der Waals surface area contributed by atoms with Crippen LogP contribution in [0.15, 0.2) is 35.9 Å². The summed E-state index contributed by atoms with van der Waals surface area (Å²) in [6.45, 7) is 6.32. The normalized spacial score (nSPS) is 17.1. The van der Waals surface area contributed by atoms with Gasteiger partial charge in [0.1, 0.15) is 5.57 Å². The van der Waals surface area contributed by atoms with Crippen molar-refractivity contribution in [3.63, 3.8) is 0 Å². The minimum Gasteiger partial charge on any atom is -0.490 e. The number of benzene rings is 2. The number of amides is 4. The monoisotopic (exact) mass is 578 g/mol. The average molecular weight is 578 g/mol. The molecule has 1 atom stereocenters. The predicted molar refractivity (Wildman–Crippen MR) is 132 cm³/mol. The first-order valence-corrected chi connectivity index (χ1v) is 11.8. The van der Waals surface area contributed by atoms with Crippen molar-refractivity contribution in [2.45, 2.75) is 33.3 Å². The molecule has 4 amide bonds. The lowest BCUT2D eigenvalue weighted by Gasteiger charge is -2.26. The highest BCUT2D eigenvalue weighted by Gasteiger charge is 2.37. The van der Waals surface area contributed by atoms with Crippen LogP contribution in [0, 0.1) is 3.57 Å². The number of fused-ring (bicyclic) bond motifs is 1. The molecule has 0 bridgehead atoms. The summed E-state index contributed by atoms with van der Waals surface area (Å²) in [5.41, 5.74) is 0.626. The van der Waals surface area contributed by atoms with Crippen molar-refractivity contribution in [1.29, 1.82) is 0 Å². The third-order valence-corrected chi connectivity index (χ3v) is 6.05. The number of nitrogens with one attached hydrogen (secondary N) is 1. The Balaban J connectivity index is 1.70. The van der Waals surface area contributed by atoms with Crippen molar-refractivity contribution in [2.24, 2.45) is 0 Å². The van der Waals surface area contributed by atoms with Crippen LogP contribution in [-0.4, -0.2) is 37.3 Å². The van der Waals surface area contributed by atoms with Gasteiger partial charge in [-0.15, -0.1) is 0 Å². The maximum atomic E-state index is 13.2. The van der Waals surface area contributed by atoms with Crippen molar-refractivity contribution in [1.82, 2.24) is 5.32 Å². The molecular formula is C24H23IN2O7. The van der Waals surface area contributed by atoms with Gasteiger partial charge in [0.2, 0.25) is 6.79 Å². The summed E-state index contributed by atoms with van der Waals surface area (Å²) in [7, 11) is 0. The van der Waals surface area contributed by atoms with E-state index in [0.29, 0.717) is 35.2 Å². The highest BCUT2D eigenvalue weighted by atomic mass is 127. The van der Waals surface area contributed by atoms with E-state index in [1.54, 1.807) is 24.3 Å². The molecule has 2 aromatic carbocycles. The van der Waals surface area contributed by atoms with Gasteiger partial charge in [-0.1, -0.05) is 6.92 Å². The van der Waals surface area contributed by atoms with Crippen molar-refractivity contribution < 1.29 is 33.3 Å². The largest absolute Gasteiger partial charge is 0.490 e. The number of carbonyl (C=O) groups excluding carboxylic acids is 3. The lowest BCUT2D eigenvalue weighted by Crippen LogP contribution is -2.54. The SMILES string of the molecule is CCOc1cc(/C=C2\C(=O)NC(=O)N(c3ccc4c(c3)OCO4)C2=O)cc(I)c1O[C@@H](C)CC. The predicted octanol–water partition coefficient (Wildman–Crippen LogP) is 4.26. The third-order valence-electron chi connectivity index (χ3n) is 5.25. The molecule has 1 saturated heterocycles. The molecule has 2 heterocycles. The second kappa shape index (κ2) is 9.92. The van der Waals surface area contributed by atoms with Gasteiger partial charge in [-0.05, 0) is 78.8 Å². The summed E-state index contributed by atoms with van der Waals surface area (Å²) in [5.74, 6) is 0.511. The van der Waals surface area contributed by atoms with Crippen molar-refractivity contribution in [3.05, 3.63) is 45.0 Å². The Morgan fingerprint density at radius 2 is 1.91 bits per heavy atom. The molecule has 0 aliphatic carbocycles. The molecule has 9 nitrogen and oxygen atoms in total. The zero-order valence-corrected chi connectivity index (χ0v) is 21.0. The molecule has 0 spiro atoms. The maximum Gasteiger partial charge on any atom is 0.335 e. The molecular weight excluding hydrogens is 555 g/mol. The third kappa shape index (κ3) is 4.67. The van der Waals surface area contributed by atoms with Crippen LogP contribution in [0.3, 0.4) is 0 Å². The van der Waals surface area contributed by atoms with Crippen molar-refractivity contribution in [3.8, 4) is 23.0 Å². The number of ether oxygens (including phenoxy) is 4. The van der Waals surface area contributed by atoms with Gasteiger partial charge in [0.25, 0.3) is 11.8 Å². The first kappa shape index (κ1) is 23.9. The van der Waals surface area contributed by atoms with E-state index in [1.807, 2.05) is 20.8 Å². The number of urea groups is 1. The van der Waals surface area contributed by atoms with Crippen LogP contribution in [0.5, 0.6) is 23.0 Å². The van der Waals surface area contributed by atoms with Crippen LogP contribution in [0.4, 0.5) is 10.5 Å². The van der Waals surface area contributed by atoms with Crippen LogP contribution < -0.4 is 29.2 Å². The molecule has 178 valence electrons. The number of barbiturate groups is 1. The highest BCUT2D eigenvalue weighted by molar-refractivity contribution is 14.1. The van der Waals surface area contributed by atoms with E-state index >= 15 is 0 Å². The van der Waals surface area contributed by atoms with Gasteiger partial charge < -0.3 is 18.9 Å². The first-order chi connectivity index (χ1) is 16.3. The van der Waals surface area contributed by atoms with E-state index in [0.717, 1.165) is 14.9 Å². The summed E-state index contributed by atoms with van der Waals surface area (Å²) < 4.78 is 23.2. The minimum atomic E-state index is -0.840. The highest BCUT2D eigenvalue weighted by Crippen LogP contribution is 2.38. The zero-order valence-electron chi connectivity index (χ0n) is 18.8. The summed E-state index contributed by atoms with van der Waals surface area (Å²) in [6, 6.07) is 7.33. The molecule has 4 rings (SSSR count). The zero-order chi connectivity index (χ0) is 24.4. The van der Waals surface area contributed by atoms with Gasteiger partial charge in [-0.25, -0.2) is 9.69 Å². The fourth-order valence-electron chi connectivity index (χ4n) is 3.42. The van der Waals surface area contributed by atoms with Crippen LogP contribution in [-0.2, 0) is 9.59 Å². The quantitative estimate of drug-likeness (QED) is 0.298. The van der Waals surface area contributed by atoms with Crippen molar-refractivity contribution in [2.75, 3.05) is 18.3 Å². The number of anilines is 1. The Labute approximate surface area is 210 Å². The maximum absolute atomic E-state index is 13.2. The topological polar surface area (TPSA) is 103 Å². The second-order valence-corrected chi connectivity index (χ2v) is 8.76. The number of imide groups is 2. The molecule has 0 saturated carbocycles. The Morgan fingerprint density at radius 1 is 1.15 bits per heavy atom. The summed E-state index contributed by atoms with van der Waals surface area (Å²) in [4.78, 5) is 39.2. The smallest absolute Gasteiger partial charge is 0.335 e. The van der Waals surface area contributed by atoms with Crippen LogP contribution in [0.2, 0.25) is 0 Å². The molecule has 34 heavy (non-hydrogen) atoms. The van der Waals surface area contributed by atoms with E-state index in [2.05, 4.69) is 27.9 Å². The van der Waals surface area contributed by atoms with E-state index in [4.69, 9.17) is 18.9 Å². The molecule has 10 heteroatoms. The van der Waals surface area contributed by atoms with E-state index in [-0.39, 0.29) is 24.2 Å². The van der Waals surface area contributed by atoms with Gasteiger partial charge in [0, 0.05) is 6.07 Å². The molecule has 1 N–H and O–H groups in total. The lowest BCUT2D eigenvalue weighted by molar-refractivity contribution is -0.122. The fraction of sp³-hybridized carbons (Fsp3) is 0.292. The average Bonchev–Trinajstić information content (AvgIpc) is 3.27. The van der Waals surface area contributed by atoms with Crippen LogP contribution in [0.1, 0.15) is 32.8 Å². The van der Waals surface area contributed by atoms with Gasteiger partial charge in [-0.2, -0.15) is 0 Å². The van der Waals surface area contributed by atoms with Gasteiger partial charge >= 0.3 is 6.03 Å². The minimum absolute atomic E-state index is 0.0103. The Hall–Kier alpha value is -3.28. The molecule has 1 fully saturated rings. The molecule has 0 radical (unpaired) electrons. The summed E-state index contributed by atoms with van der Waals surface area (Å²) in [6.07, 6.45) is 2.25. The summed E-state index contributed by atoms with van der Waals surface area (Å²) in [5, 5.41) is 2.22. The fourth-order valence-corrected chi connectivity index (χ4v) is 4.17. The summed E-state index contributed by atoms with van der Waals surface area (Å²) >= 11 is 2.13. The molecule has 0 aromatic heterocycles. The number of carbonyl (C=O) groups is 3. The number of halogens is 1. The van der Waals surface area contributed by atoms with E-state index in [1.165, 1.54) is 12.1 Å². The van der Waals surface area contributed by atoms with Crippen LogP contribution in [0.25, 0.3) is 6.08 Å². The molecule has 2 aliphatic rings. The van der Waals surface area contributed by atoms with Gasteiger partial charge in [-0.3, -0.25) is 14.9 Å². The van der Waals surface area contributed by atoms with E-state index < -0.39 is 17.8 Å². The molecule has 2 aliphatic heterocycles. The van der Waals surface area contributed by atoms with E-state index in [9.17, 15) is 14.4 Å².